The highest BCUT2D eigenvalue weighted by Crippen LogP contribution is 2.16. The van der Waals surface area contributed by atoms with E-state index < -0.39 is 0 Å². The largest absolute Gasteiger partial charge is 0.384 e. The molecule has 0 unspecified atom stereocenters. The second kappa shape index (κ2) is 5.34. The number of aromatic nitrogens is 2. The van der Waals surface area contributed by atoms with Gasteiger partial charge < -0.3 is 10.1 Å². The first-order valence-corrected chi connectivity index (χ1v) is 5.68. The molecule has 92 valence electrons. The van der Waals surface area contributed by atoms with Gasteiger partial charge in [0.1, 0.15) is 5.82 Å². The molecule has 0 aromatic carbocycles. The number of ether oxygens (including phenoxy) is 1. The maximum atomic E-state index is 5.04. The quantitative estimate of drug-likeness (QED) is 0.833. The summed E-state index contributed by atoms with van der Waals surface area (Å²) in [5.74, 6) is 1.07. The van der Waals surface area contributed by atoms with Gasteiger partial charge in [0.25, 0.3) is 0 Å². The van der Waals surface area contributed by atoms with Gasteiger partial charge in [0.05, 0.1) is 12.3 Å². The summed E-state index contributed by atoms with van der Waals surface area (Å²) in [7, 11) is 3.67. The predicted octanol–water partition coefficient (Wildman–Crippen LogP) is 2.07. The molecule has 0 bridgehead atoms. The van der Waals surface area contributed by atoms with Gasteiger partial charge in [-0.3, -0.25) is 4.68 Å². The van der Waals surface area contributed by atoms with Gasteiger partial charge in [0.15, 0.2) is 0 Å². The number of anilines is 1. The molecule has 4 nitrogen and oxygen atoms in total. The molecule has 0 radical (unpaired) electrons. The molecule has 4 heteroatoms. The summed E-state index contributed by atoms with van der Waals surface area (Å²) in [4.78, 5) is 0. The minimum Gasteiger partial charge on any atom is -0.384 e. The van der Waals surface area contributed by atoms with E-state index in [1.807, 2.05) is 11.7 Å². The van der Waals surface area contributed by atoms with Crippen molar-refractivity contribution in [1.29, 1.82) is 0 Å². The van der Waals surface area contributed by atoms with Crippen LogP contribution >= 0.6 is 0 Å². The molecular formula is C12H23N3O. The lowest BCUT2D eigenvalue weighted by Crippen LogP contribution is -2.20. The molecule has 0 atom stereocenters. The summed E-state index contributed by atoms with van der Waals surface area (Å²) in [6, 6.07) is 2.09. The van der Waals surface area contributed by atoms with Gasteiger partial charge >= 0.3 is 0 Å². The van der Waals surface area contributed by atoms with Crippen molar-refractivity contribution in [1.82, 2.24) is 9.78 Å². The Balaban J connectivity index is 2.56. The number of hydrogen-bond acceptors (Lipinski definition) is 3. The van der Waals surface area contributed by atoms with Crippen molar-refractivity contribution in [2.24, 2.45) is 12.5 Å². The van der Waals surface area contributed by atoms with Crippen LogP contribution in [0.15, 0.2) is 6.07 Å². The molecule has 0 amide bonds. The topological polar surface area (TPSA) is 39.1 Å². The van der Waals surface area contributed by atoms with Crippen LogP contribution in [0, 0.1) is 5.41 Å². The predicted molar refractivity (Wildman–Crippen MR) is 66.7 cm³/mol. The highest BCUT2D eigenvalue weighted by molar-refractivity contribution is 5.37. The van der Waals surface area contributed by atoms with Crippen LogP contribution in [0.5, 0.6) is 0 Å². The third-order valence-corrected chi connectivity index (χ3v) is 2.29. The SMILES string of the molecule is COCCc1cc(NCC(C)(C)C)n(C)n1. The van der Waals surface area contributed by atoms with E-state index in [-0.39, 0.29) is 5.41 Å². The number of rotatable bonds is 5. The molecule has 0 spiro atoms. The molecule has 0 aliphatic carbocycles. The summed E-state index contributed by atoms with van der Waals surface area (Å²) in [5, 5.41) is 7.83. The maximum Gasteiger partial charge on any atom is 0.124 e. The van der Waals surface area contributed by atoms with Crippen LogP contribution in [0.2, 0.25) is 0 Å². The van der Waals surface area contributed by atoms with Crippen molar-refractivity contribution in [3.8, 4) is 0 Å². The Labute approximate surface area is 98.0 Å². The monoisotopic (exact) mass is 225 g/mol. The lowest BCUT2D eigenvalue weighted by molar-refractivity contribution is 0.201. The zero-order valence-electron chi connectivity index (χ0n) is 11.0. The van der Waals surface area contributed by atoms with Gasteiger partial charge in [0.2, 0.25) is 0 Å². The zero-order chi connectivity index (χ0) is 12.2. The standard InChI is InChI=1S/C12H23N3O/c1-12(2,3)9-13-11-8-10(6-7-16-5)14-15(11)4/h8,13H,6-7,9H2,1-5H3. The molecule has 0 aliphatic heterocycles. The average molecular weight is 225 g/mol. The van der Waals surface area contributed by atoms with Gasteiger partial charge in [0, 0.05) is 33.2 Å². The van der Waals surface area contributed by atoms with E-state index in [0.29, 0.717) is 0 Å². The third kappa shape index (κ3) is 4.23. The second-order valence-corrected chi connectivity index (χ2v) is 5.30. The Morgan fingerprint density at radius 2 is 2.12 bits per heavy atom. The molecule has 0 aliphatic rings. The van der Waals surface area contributed by atoms with Gasteiger partial charge in [-0.1, -0.05) is 20.8 Å². The summed E-state index contributed by atoms with van der Waals surface area (Å²) >= 11 is 0. The average Bonchev–Trinajstić information content (AvgIpc) is 2.52. The van der Waals surface area contributed by atoms with Crippen molar-refractivity contribution < 1.29 is 4.74 Å². The smallest absolute Gasteiger partial charge is 0.124 e. The van der Waals surface area contributed by atoms with Crippen molar-refractivity contribution in [2.75, 3.05) is 25.6 Å². The highest BCUT2D eigenvalue weighted by atomic mass is 16.5. The van der Waals surface area contributed by atoms with E-state index >= 15 is 0 Å². The Morgan fingerprint density at radius 1 is 1.44 bits per heavy atom. The molecule has 16 heavy (non-hydrogen) atoms. The number of nitrogens with zero attached hydrogens (tertiary/aromatic N) is 2. The van der Waals surface area contributed by atoms with Gasteiger partial charge in [-0.15, -0.1) is 0 Å². The van der Waals surface area contributed by atoms with Gasteiger partial charge in [-0.05, 0) is 5.41 Å². The minimum absolute atomic E-state index is 0.275. The normalized spacial score (nSPS) is 11.8. The van der Waals surface area contributed by atoms with E-state index in [4.69, 9.17) is 4.74 Å². The Kier molecular flexibility index (Phi) is 4.35. The molecule has 0 fully saturated rings. The summed E-state index contributed by atoms with van der Waals surface area (Å²) in [6.45, 7) is 8.29. The Hall–Kier alpha value is -1.03. The molecule has 0 saturated carbocycles. The fourth-order valence-corrected chi connectivity index (χ4v) is 1.38. The molecule has 1 N–H and O–H groups in total. The molecule has 1 aromatic heterocycles. The first-order chi connectivity index (χ1) is 7.42. The van der Waals surface area contributed by atoms with Crippen molar-refractivity contribution >= 4 is 5.82 Å². The fourth-order valence-electron chi connectivity index (χ4n) is 1.38. The van der Waals surface area contributed by atoms with Crippen LogP contribution in [-0.4, -0.2) is 30.0 Å². The zero-order valence-corrected chi connectivity index (χ0v) is 11.0. The Morgan fingerprint density at radius 3 is 2.69 bits per heavy atom. The van der Waals surface area contributed by atoms with Crippen LogP contribution < -0.4 is 5.32 Å². The van der Waals surface area contributed by atoms with Crippen molar-refractivity contribution in [3.05, 3.63) is 11.8 Å². The van der Waals surface area contributed by atoms with Crippen molar-refractivity contribution in [3.63, 3.8) is 0 Å². The van der Waals surface area contributed by atoms with E-state index in [1.54, 1.807) is 7.11 Å². The van der Waals surface area contributed by atoms with Crippen LogP contribution in [0.3, 0.4) is 0 Å². The lowest BCUT2D eigenvalue weighted by Gasteiger charge is -2.19. The molecule has 1 rings (SSSR count). The van der Waals surface area contributed by atoms with E-state index in [9.17, 15) is 0 Å². The lowest BCUT2D eigenvalue weighted by atomic mass is 9.97. The first-order valence-electron chi connectivity index (χ1n) is 5.68. The highest BCUT2D eigenvalue weighted by Gasteiger charge is 2.11. The number of nitrogens with one attached hydrogen (secondary N) is 1. The Bertz CT molecular complexity index is 325. The third-order valence-electron chi connectivity index (χ3n) is 2.29. The van der Waals surface area contributed by atoms with Crippen LogP contribution in [0.1, 0.15) is 26.5 Å². The first kappa shape index (κ1) is 13.0. The maximum absolute atomic E-state index is 5.04. The molecule has 0 saturated heterocycles. The minimum atomic E-state index is 0.275. The van der Waals surface area contributed by atoms with Crippen LogP contribution in [0.25, 0.3) is 0 Å². The number of hydrogen-bond donors (Lipinski definition) is 1. The van der Waals surface area contributed by atoms with Crippen LogP contribution in [0.4, 0.5) is 5.82 Å². The van der Waals surface area contributed by atoms with E-state index in [0.717, 1.165) is 31.1 Å². The van der Waals surface area contributed by atoms with Gasteiger partial charge in [-0.2, -0.15) is 5.10 Å². The van der Waals surface area contributed by atoms with Crippen molar-refractivity contribution in [2.45, 2.75) is 27.2 Å². The summed E-state index contributed by atoms with van der Waals surface area (Å²) in [5.41, 5.74) is 1.34. The second-order valence-electron chi connectivity index (χ2n) is 5.30. The molecule has 1 aromatic rings. The summed E-state index contributed by atoms with van der Waals surface area (Å²) < 4.78 is 6.93. The summed E-state index contributed by atoms with van der Waals surface area (Å²) in [6.07, 6.45) is 0.863. The van der Waals surface area contributed by atoms with Gasteiger partial charge in [-0.25, -0.2) is 0 Å². The molecule has 1 heterocycles. The van der Waals surface area contributed by atoms with E-state index in [2.05, 4.69) is 37.3 Å². The number of methoxy groups -OCH3 is 1. The fraction of sp³-hybridized carbons (Fsp3) is 0.750. The number of aryl methyl sites for hydroxylation is 1. The molecular weight excluding hydrogens is 202 g/mol. The van der Waals surface area contributed by atoms with E-state index in [1.165, 1.54) is 0 Å². The van der Waals surface area contributed by atoms with Crippen LogP contribution in [-0.2, 0) is 18.2 Å².